The fraction of sp³-hybridized carbons (Fsp3) is 1.00. The predicted octanol–water partition coefficient (Wildman–Crippen LogP) is 2.44. The molecule has 1 saturated heterocycles. The van der Waals surface area contributed by atoms with E-state index < -0.39 is 0 Å². The van der Waals surface area contributed by atoms with Crippen molar-refractivity contribution in [3.63, 3.8) is 0 Å². The van der Waals surface area contributed by atoms with Crippen LogP contribution in [0.2, 0.25) is 0 Å². The van der Waals surface area contributed by atoms with Gasteiger partial charge in [-0.25, -0.2) is 0 Å². The Balaban J connectivity index is 2.29. The second-order valence-electron chi connectivity index (χ2n) is 4.85. The maximum Gasteiger partial charge on any atom is 0.0639 e. The number of rotatable bonds is 5. The van der Waals surface area contributed by atoms with Crippen molar-refractivity contribution in [2.24, 2.45) is 11.8 Å². The molecular formula is C12H25NO. The lowest BCUT2D eigenvalue weighted by atomic mass is 9.93. The van der Waals surface area contributed by atoms with Gasteiger partial charge in [-0.15, -0.1) is 0 Å². The lowest BCUT2D eigenvalue weighted by molar-refractivity contribution is 0.0535. The summed E-state index contributed by atoms with van der Waals surface area (Å²) in [5, 5.41) is 3.58. The van der Waals surface area contributed by atoms with E-state index in [0.29, 0.717) is 18.1 Å². The molecule has 2 heteroatoms. The largest absolute Gasteiger partial charge is 0.378 e. The molecule has 1 fully saturated rings. The Bertz CT molecular complexity index is 158. The van der Waals surface area contributed by atoms with Crippen molar-refractivity contribution in [2.75, 3.05) is 13.2 Å². The van der Waals surface area contributed by atoms with E-state index in [0.717, 1.165) is 19.1 Å². The first-order valence-corrected chi connectivity index (χ1v) is 6.00. The fourth-order valence-corrected chi connectivity index (χ4v) is 2.11. The molecule has 0 aromatic heterocycles. The third-order valence-corrected chi connectivity index (χ3v) is 3.26. The topological polar surface area (TPSA) is 21.3 Å². The summed E-state index contributed by atoms with van der Waals surface area (Å²) in [6.07, 6.45) is 2.92. The number of nitrogens with one attached hydrogen (secondary N) is 1. The first-order chi connectivity index (χ1) is 6.65. The van der Waals surface area contributed by atoms with Gasteiger partial charge in [-0.05, 0) is 31.6 Å². The zero-order valence-corrected chi connectivity index (χ0v) is 10.0. The maximum atomic E-state index is 5.75. The Labute approximate surface area is 88.4 Å². The fourth-order valence-electron chi connectivity index (χ4n) is 2.11. The summed E-state index contributed by atoms with van der Waals surface area (Å²) in [6.45, 7) is 11.1. The van der Waals surface area contributed by atoms with Crippen LogP contribution in [0.3, 0.4) is 0 Å². The van der Waals surface area contributed by atoms with Gasteiger partial charge >= 0.3 is 0 Å². The maximum absolute atomic E-state index is 5.75. The van der Waals surface area contributed by atoms with E-state index in [1.807, 2.05) is 0 Å². The Morgan fingerprint density at radius 2 is 2.07 bits per heavy atom. The summed E-state index contributed by atoms with van der Waals surface area (Å²) >= 11 is 0. The number of hydrogen-bond acceptors (Lipinski definition) is 2. The SMILES string of the molecule is CCC(C)NCC1CCOC1C(C)C. The van der Waals surface area contributed by atoms with Crippen molar-refractivity contribution in [3.8, 4) is 0 Å². The van der Waals surface area contributed by atoms with Gasteiger partial charge in [0, 0.05) is 19.2 Å². The van der Waals surface area contributed by atoms with Crippen LogP contribution in [0.1, 0.15) is 40.5 Å². The number of ether oxygens (including phenoxy) is 1. The van der Waals surface area contributed by atoms with Crippen molar-refractivity contribution in [2.45, 2.75) is 52.7 Å². The van der Waals surface area contributed by atoms with Gasteiger partial charge in [-0.3, -0.25) is 0 Å². The van der Waals surface area contributed by atoms with Gasteiger partial charge in [0.25, 0.3) is 0 Å². The van der Waals surface area contributed by atoms with Gasteiger partial charge < -0.3 is 10.1 Å². The van der Waals surface area contributed by atoms with E-state index in [9.17, 15) is 0 Å². The molecule has 1 N–H and O–H groups in total. The molecule has 2 nitrogen and oxygen atoms in total. The molecule has 1 heterocycles. The Hall–Kier alpha value is -0.0800. The molecule has 14 heavy (non-hydrogen) atoms. The minimum atomic E-state index is 0.478. The molecule has 0 amide bonds. The zero-order valence-electron chi connectivity index (χ0n) is 10.0. The van der Waals surface area contributed by atoms with Crippen molar-refractivity contribution >= 4 is 0 Å². The van der Waals surface area contributed by atoms with Crippen molar-refractivity contribution in [1.82, 2.24) is 5.32 Å². The van der Waals surface area contributed by atoms with Crippen LogP contribution in [-0.4, -0.2) is 25.3 Å². The molecule has 0 saturated carbocycles. The van der Waals surface area contributed by atoms with Crippen molar-refractivity contribution in [1.29, 1.82) is 0 Å². The molecule has 3 atom stereocenters. The highest BCUT2D eigenvalue weighted by Gasteiger charge is 2.30. The Kier molecular flexibility index (Phi) is 4.90. The van der Waals surface area contributed by atoms with Crippen LogP contribution < -0.4 is 5.32 Å². The average Bonchev–Trinajstić information content (AvgIpc) is 2.62. The molecule has 0 radical (unpaired) electrons. The van der Waals surface area contributed by atoms with E-state index in [4.69, 9.17) is 4.74 Å². The molecule has 1 rings (SSSR count). The summed E-state index contributed by atoms with van der Waals surface area (Å²) in [6, 6.07) is 0.642. The Morgan fingerprint density at radius 3 is 2.64 bits per heavy atom. The Morgan fingerprint density at radius 1 is 1.36 bits per heavy atom. The van der Waals surface area contributed by atoms with Crippen LogP contribution >= 0.6 is 0 Å². The molecule has 1 aliphatic heterocycles. The van der Waals surface area contributed by atoms with Crippen molar-refractivity contribution in [3.05, 3.63) is 0 Å². The highest BCUT2D eigenvalue weighted by atomic mass is 16.5. The predicted molar refractivity (Wildman–Crippen MR) is 60.4 cm³/mol. The van der Waals surface area contributed by atoms with E-state index in [2.05, 4.69) is 33.0 Å². The highest BCUT2D eigenvalue weighted by Crippen LogP contribution is 2.26. The third-order valence-electron chi connectivity index (χ3n) is 3.26. The summed E-state index contributed by atoms with van der Waals surface area (Å²) < 4.78 is 5.75. The molecular weight excluding hydrogens is 174 g/mol. The molecule has 1 aliphatic rings. The molecule has 0 bridgehead atoms. The monoisotopic (exact) mass is 199 g/mol. The molecule has 3 unspecified atom stereocenters. The van der Waals surface area contributed by atoms with Crippen LogP contribution in [0.5, 0.6) is 0 Å². The van der Waals surface area contributed by atoms with Gasteiger partial charge in [0.05, 0.1) is 6.10 Å². The lowest BCUT2D eigenvalue weighted by Gasteiger charge is -2.23. The van der Waals surface area contributed by atoms with Crippen LogP contribution in [0.15, 0.2) is 0 Å². The second kappa shape index (κ2) is 5.72. The normalized spacial score (nSPS) is 29.8. The standard InChI is InChI=1S/C12H25NO/c1-5-10(4)13-8-11-6-7-14-12(11)9(2)3/h9-13H,5-8H2,1-4H3. The molecule has 0 aliphatic carbocycles. The average molecular weight is 199 g/mol. The van der Waals surface area contributed by atoms with Gasteiger partial charge in [0.15, 0.2) is 0 Å². The van der Waals surface area contributed by atoms with Crippen molar-refractivity contribution < 1.29 is 4.74 Å². The third kappa shape index (κ3) is 3.25. The van der Waals surface area contributed by atoms with Crippen LogP contribution in [-0.2, 0) is 4.74 Å². The van der Waals surface area contributed by atoms with Gasteiger partial charge in [0.2, 0.25) is 0 Å². The molecule has 84 valence electrons. The smallest absolute Gasteiger partial charge is 0.0639 e. The molecule has 0 aromatic carbocycles. The summed E-state index contributed by atoms with van der Waals surface area (Å²) in [4.78, 5) is 0. The van der Waals surface area contributed by atoms with Gasteiger partial charge in [0.1, 0.15) is 0 Å². The van der Waals surface area contributed by atoms with Gasteiger partial charge in [-0.2, -0.15) is 0 Å². The van der Waals surface area contributed by atoms with E-state index in [1.165, 1.54) is 12.8 Å². The van der Waals surface area contributed by atoms with E-state index in [1.54, 1.807) is 0 Å². The summed E-state index contributed by atoms with van der Waals surface area (Å²) in [5.41, 5.74) is 0. The van der Waals surface area contributed by atoms with E-state index >= 15 is 0 Å². The lowest BCUT2D eigenvalue weighted by Crippen LogP contribution is -2.35. The number of hydrogen-bond donors (Lipinski definition) is 1. The first kappa shape index (κ1) is 12.0. The minimum Gasteiger partial charge on any atom is -0.378 e. The zero-order chi connectivity index (χ0) is 10.6. The minimum absolute atomic E-state index is 0.478. The summed E-state index contributed by atoms with van der Waals surface area (Å²) in [5.74, 6) is 1.38. The summed E-state index contributed by atoms with van der Waals surface area (Å²) in [7, 11) is 0. The first-order valence-electron chi connectivity index (χ1n) is 6.00. The van der Waals surface area contributed by atoms with E-state index in [-0.39, 0.29) is 0 Å². The quantitative estimate of drug-likeness (QED) is 0.734. The van der Waals surface area contributed by atoms with Crippen LogP contribution in [0.4, 0.5) is 0 Å². The second-order valence-corrected chi connectivity index (χ2v) is 4.85. The molecule has 0 aromatic rings. The van der Waals surface area contributed by atoms with Crippen LogP contribution in [0, 0.1) is 11.8 Å². The van der Waals surface area contributed by atoms with Crippen LogP contribution in [0.25, 0.3) is 0 Å². The highest BCUT2D eigenvalue weighted by molar-refractivity contribution is 4.80. The van der Waals surface area contributed by atoms with Gasteiger partial charge in [-0.1, -0.05) is 20.8 Å². The molecule has 0 spiro atoms.